The molecule has 0 aliphatic rings. The molecule has 0 aliphatic carbocycles. The topological polar surface area (TPSA) is 47.4 Å². The quantitative estimate of drug-likeness (QED) is 0.624. The van der Waals surface area contributed by atoms with Gasteiger partial charge in [-0.15, -0.1) is 0 Å². The van der Waals surface area contributed by atoms with Crippen molar-refractivity contribution in [1.82, 2.24) is 14.5 Å². The summed E-state index contributed by atoms with van der Waals surface area (Å²) in [4.78, 5) is 18.7. The molecule has 5 nitrogen and oxygen atoms in total. The van der Waals surface area contributed by atoms with Gasteiger partial charge in [-0.2, -0.15) is 0 Å². The van der Waals surface area contributed by atoms with Crippen molar-refractivity contribution in [1.29, 1.82) is 0 Å². The molecule has 1 aromatic heterocycles. The predicted octanol–water partition coefficient (Wildman–Crippen LogP) is 2.21. The van der Waals surface area contributed by atoms with Gasteiger partial charge in [0.1, 0.15) is 5.75 Å². The van der Waals surface area contributed by atoms with E-state index >= 15 is 0 Å². The highest BCUT2D eigenvalue weighted by Gasteiger charge is 2.19. The maximum Gasteiger partial charge on any atom is 0.230 e. The maximum absolute atomic E-state index is 12.7. The predicted molar refractivity (Wildman–Crippen MR) is 82.2 cm³/mol. The third-order valence-corrected chi connectivity index (χ3v) is 3.04. The Labute approximate surface area is 124 Å². The van der Waals surface area contributed by atoms with Gasteiger partial charge in [0, 0.05) is 45.3 Å². The minimum absolute atomic E-state index is 0.121. The van der Waals surface area contributed by atoms with E-state index in [-0.39, 0.29) is 5.78 Å². The van der Waals surface area contributed by atoms with Crippen molar-refractivity contribution in [2.45, 2.75) is 0 Å². The molecule has 0 aliphatic heterocycles. The van der Waals surface area contributed by atoms with E-state index in [1.807, 2.05) is 43.3 Å². The number of aryl methyl sites for hydroxylation is 1. The lowest BCUT2D eigenvalue weighted by atomic mass is 10.0. The Balaban J connectivity index is 2.49. The van der Waals surface area contributed by atoms with Crippen molar-refractivity contribution in [2.24, 2.45) is 7.05 Å². The van der Waals surface area contributed by atoms with E-state index in [1.165, 1.54) is 0 Å². The van der Waals surface area contributed by atoms with Crippen LogP contribution in [0.2, 0.25) is 0 Å². The molecule has 2 rings (SSSR count). The van der Waals surface area contributed by atoms with Crippen LogP contribution >= 0.6 is 0 Å². The number of Topliss-reactive ketones (excluding diaryl/α,β-unsaturated/α-hetero) is 1. The van der Waals surface area contributed by atoms with E-state index in [1.54, 1.807) is 37.3 Å². The first-order chi connectivity index (χ1) is 10.0. The third kappa shape index (κ3) is 3.31. The maximum atomic E-state index is 12.7. The first-order valence-corrected chi connectivity index (χ1v) is 6.57. The molecule has 21 heavy (non-hydrogen) atoms. The summed E-state index contributed by atoms with van der Waals surface area (Å²) in [6.45, 7) is 0. The molecule has 0 bridgehead atoms. The molecular formula is C16H19N3O2. The van der Waals surface area contributed by atoms with Crippen LogP contribution in [-0.2, 0) is 7.05 Å². The molecule has 0 unspecified atom stereocenters. The van der Waals surface area contributed by atoms with Gasteiger partial charge in [0.05, 0.1) is 7.11 Å². The highest BCUT2D eigenvalue weighted by Crippen LogP contribution is 2.23. The lowest BCUT2D eigenvalue weighted by Crippen LogP contribution is -2.13. The van der Waals surface area contributed by atoms with Crippen molar-refractivity contribution in [3.8, 4) is 5.75 Å². The van der Waals surface area contributed by atoms with Crippen LogP contribution in [0.15, 0.2) is 42.9 Å². The minimum Gasteiger partial charge on any atom is -0.497 e. The number of allylic oxidation sites excluding steroid dienone is 1. The zero-order valence-corrected chi connectivity index (χ0v) is 12.7. The number of imidazole rings is 1. The van der Waals surface area contributed by atoms with Gasteiger partial charge in [0.15, 0.2) is 5.82 Å². The van der Waals surface area contributed by atoms with Gasteiger partial charge >= 0.3 is 0 Å². The third-order valence-electron chi connectivity index (χ3n) is 3.04. The van der Waals surface area contributed by atoms with Gasteiger partial charge in [-0.05, 0) is 17.7 Å². The van der Waals surface area contributed by atoms with Crippen LogP contribution in [0.25, 0.3) is 5.57 Å². The molecule has 5 heteroatoms. The summed E-state index contributed by atoms with van der Waals surface area (Å²) in [5.41, 5.74) is 1.38. The Hall–Kier alpha value is -2.56. The molecule has 0 spiro atoms. The molecule has 110 valence electrons. The van der Waals surface area contributed by atoms with Crippen LogP contribution in [0, 0.1) is 0 Å². The second-order valence-corrected chi connectivity index (χ2v) is 4.93. The van der Waals surface area contributed by atoms with E-state index in [0.717, 1.165) is 5.56 Å². The zero-order valence-electron chi connectivity index (χ0n) is 12.7. The van der Waals surface area contributed by atoms with Gasteiger partial charge in [0.2, 0.25) is 5.78 Å². The number of carbonyl (C=O) groups excluding carboxylic acids is 1. The van der Waals surface area contributed by atoms with Crippen molar-refractivity contribution < 1.29 is 9.53 Å². The summed E-state index contributed by atoms with van der Waals surface area (Å²) in [7, 11) is 7.17. The smallest absolute Gasteiger partial charge is 0.230 e. The van der Waals surface area contributed by atoms with E-state index in [0.29, 0.717) is 17.1 Å². The fourth-order valence-corrected chi connectivity index (χ4v) is 2.02. The lowest BCUT2D eigenvalue weighted by molar-refractivity contribution is 0.104. The number of rotatable bonds is 5. The summed E-state index contributed by atoms with van der Waals surface area (Å²) in [6, 6.07) is 7.44. The second-order valence-electron chi connectivity index (χ2n) is 4.93. The normalized spacial score (nSPS) is 11.3. The molecular weight excluding hydrogens is 266 g/mol. The molecule has 2 aromatic rings. The van der Waals surface area contributed by atoms with Gasteiger partial charge in [-0.1, -0.05) is 12.1 Å². The number of nitrogens with zero attached hydrogens (tertiary/aromatic N) is 3. The number of aromatic nitrogens is 2. The van der Waals surface area contributed by atoms with Crippen LogP contribution in [0.4, 0.5) is 0 Å². The molecule has 0 saturated carbocycles. The number of hydrogen-bond acceptors (Lipinski definition) is 4. The van der Waals surface area contributed by atoms with E-state index < -0.39 is 0 Å². The Bertz CT molecular complexity index is 672. The van der Waals surface area contributed by atoms with E-state index in [9.17, 15) is 4.79 Å². The molecule has 1 heterocycles. The highest BCUT2D eigenvalue weighted by atomic mass is 16.5. The summed E-state index contributed by atoms with van der Waals surface area (Å²) >= 11 is 0. The van der Waals surface area contributed by atoms with Crippen LogP contribution < -0.4 is 4.74 Å². The molecule has 1 aromatic carbocycles. The molecule has 0 N–H and O–H groups in total. The number of methoxy groups -OCH3 is 1. The summed E-state index contributed by atoms with van der Waals surface area (Å²) in [5.74, 6) is 1.00. The van der Waals surface area contributed by atoms with Crippen LogP contribution in [0.5, 0.6) is 5.75 Å². The molecule has 0 saturated heterocycles. The second kappa shape index (κ2) is 6.26. The molecule has 0 fully saturated rings. The number of carbonyl (C=O) groups is 1. The zero-order chi connectivity index (χ0) is 15.4. The van der Waals surface area contributed by atoms with Crippen molar-refractivity contribution >= 4 is 11.4 Å². The average molecular weight is 285 g/mol. The standard InChI is InChI=1S/C16H19N3O2/c1-18(2)11-14(12-6-5-7-13(10-12)21-4)15(20)16-17-8-9-19(16)3/h5-11H,1-4H3/b14-11+. The Kier molecular flexibility index (Phi) is 4.42. The summed E-state index contributed by atoms with van der Waals surface area (Å²) in [6.07, 6.45) is 5.17. The van der Waals surface area contributed by atoms with Crippen LogP contribution in [-0.4, -0.2) is 41.4 Å². The summed E-state index contributed by atoms with van der Waals surface area (Å²) in [5, 5.41) is 0. The molecule has 0 radical (unpaired) electrons. The number of ether oxygens (including phenoxy) is 1. The van der Waals surface area contributed by atoms with Gasteiger partial charge in [-0.25, -0.2) is 4.98 Å². The van der Waals surface area contributed by atoms with Gasteiger partial charge in [-0.3, -0.25) is 4.79 Å². The largest absolute Gasteiger partial charge is 0.497 e. The lowest BCUT2D eigenvalue weighted by Gasteiger charge is -2.12. The van der Waals surface area contributed by atoms with Gasteiger partial charge < -0.3 is 14.2 Å². The van der Waals surface area contributed by atoms with E-state index in [4.69, 9.17) is 4.74 Å². The highest BCUT2D eigenvalue weighted by molar-refractivity contribution is 6.27. The first kappa shape index (κ1) is 14.8. The Morgan fingerprint density at radius 1 is 1.38 bits per heavy atom. The van der Waals surface area contributed by atoms with Crippen molar-refractivity contribution in [3.05, 3.63) is 54.2 Å². The number of benzene rings is 1. The van der Waals surface area contributed by atoms with E-state index in [2.05, 4.69) is 4.98 Å². The number of hydrogen-bond donors (Lipinski definition) is 0. The Morgan fingerprint density at radius 3 is 2.71 bits per heavy atom. The SMILES string of the molecule is COc1cccc(/C(=C\N(C)C)C(=O)c2nccn2C)c1. The average Bonchev–Trinajstić information content (AvgIpc) is 2.90. The van der Waals surface area contributed by atoms with Crippen molar-refractivity contribution in [2.75, 3.05) is 21.2 Å². The number of ketones is 1. The van der Waals surface area contributed by atoms with Crippen LogP contribution in [0.3, 0.4) is 0 Å². The van der Waals surface area contributed by atoms with Crippen LogP contribution in [0.1, 0.15) is 16.2 Å². The minimum atomic E-state index is -0.121. The fourth-order valence-electron chi connectivity index (χ4n) is 2.02. The molecule has 0 amide bonds. The van der Waals surface area contributed by atoms with Crippen molar-refractivity contribution in [3.63, 3.8) is 0 Å². The molecule has 0 atom stereocenters. The fraction of sp³-hybridized carbons (Fsp3) is 0.250. The first-order valence-electron chi connectivity index (χ1n) is 6.57. The summed E-state index contributed by atoms with van der Waals surface area (Å²) < 4.78 is 6.95. The monoisotopic (exact) mass is 285 g/mol. The van der Waals surface area contributed by atoms with Gasteiger partial charge in [0.25, 0.3) is 0 Å². The Morgan fingerprint density at radius 2 is 2.14 bits per heavy atom.